The molecular formula is C11H19NO. The Balaban J connectivity index is 2.27. The number of amides is 1. The third-order valence-electron chi connectivity index (χ3n) is 2.47. The highest BCUT2D eigenvalue weighted by atomic mass is 16.2. The smallest absolute Gasteiger partial charge is 0.226 e. The molecule has 1 atom stereocenters. The van der Waals surface area contributed by atoms with Gasteiger partial charge in [0.1, 0.15) is 0 Å². The van der Waals surface area contributed by atoms with Gasteiger partial charge in [-0.2, -0.15) is 0 Å². The summed E-state index contributed by atoms with van der Waals surface area (Å²) in [6, 6.07) is 0. The van der Waals surface area contributed by atoms with Crippen LogP contribution in [0.2, 0.25) is 0 Å². The highest BCUT2D eigenvalue weighted by Gasteiger charge is 2.21. The van der Waals surface area contributed by atoms with Crippen molar-refractivity contribution >= 4 is 5.91 Å². The molecule has 1 fully saturated rings. The first-order chi connectivity index (χ1) is 6.24. The maximum absolute atomic E-state index is 11.5. The van der Waals surface area contributed by atoms with Crippen LogP contribution in [0.4, 0.5) is 0 Å². The van der Waals surface area contributed by atoms with Crippen LogP contribution >= 0.6 is 0 Å². The van der Waals surface area contributed by atoms with Gasteiger partial charge in [-0.05, 0) is 18.8 Å². The first-order valence-corrected chi connectivity index (χ1v) is 5.16. The lowest BCUT2D eigenvalue weighted by atomic mass is 10.2. The largest absolute Gasteiger partial charge is 0.342 e. The second kappa shape index (κ2) is 5.05. The van der Waals surface area contributed by atoms with E-state index in [1.807, 2.05) is 11.0 Å². The minimum absolute atomic E-state index is 0.286. The number of likely N-dealkylation sites (tertiary alicyclic amines) is 1. The fourth-order valence-corrected chi connectivity index (χ4v) is 1.64. The van der Waals surface area contributed by atoms with E-state index in [0.29, 0.717) is 12.3 Å². The zero-order valence-corrected chi connectivity index (χ0v) is 8.62. The molecule has 0 spiro atoms. The normalized spacial score (nSPS) is 22.9. The number of carbonyl (C=O) groups is 1. The SMILES string of the molecule is CC/C=C/CC(=O)N1CCC(C)C1. The van der Waals surface area contributed by atoms with Crippen LogP contribution in [0.15, 0.2) is 12.2 Å². The molecule has 0 radical (unpaired) electrons. The summed E-state index contributed by atoms with van der Waals surface area (Å²) in [5, 5.41) is 0. The fraction of sp³-hybridized carbons (Fsp3) is 0.727. The van der Waals surface area contributed by atoms with Crippen LogP contribution < -0.4 is 0 Å². The van der Waals surface area contributed by atoms with Crippen molar-refractivity contribution in [1.82, 2.24) is 4.90 Å². The third-order valence-corrected chi connectivity index (χ3v) is 2.47. The predicted molar refractivity (Wildman–Crippen MR) is 54.4 cm³/mol. The molecule has 74 valence electrons. The maximum Gasteiger partial charge on any atom is 0.226 e. The Morgan fingerprint density at radius 2 is 2.31 bits per heavy atom. The summed E-state index contributed by atoms with van der Waals surface area (Å²) < 4.78 is 0. The standard InChI is InChI=1S/C11H19NO/c1-3-4-5-6-11(13)12-8-7-10(2)9-12/h4-5,10H,3,6-9H2,1-2H3/b5-4+. The summed E-state index contributed by atoms with van der Waals surface area (Å²) in [5.41, 5.74) is 0. The first-order valence-electron chi connectivity index (χ1n) is 5.16. The van der Waals surface area contributed by atoms with Gasteiger partial charge in [0.2, 0.25) is 5.91 Å². The van der Waals surface area contributed by atoms with Gasteiger partial charge in [-0.15, -0.1) is 0 Å². The molecule has 1 unspecified atom stereocenters. The molecule has 0 N–H and O–H groups in total. The van der Waals surface area contributed by atoms with Gasteiger partial charge in [0.05, 0.1) is 0 Å². The second-order valence-electron chi connectivity index (χ2n) is 3.82. The van der Waals surface area contributed by atoms with Crippen LogP contribution in [0, 0.1) is 5.92 Å². The van der Waals surface area contributed by atoms with E-state index in [0.717, 1.165) is 19.5 Å². The summed E-state index contributed by atoms with van der Waals surface area (Å²) in [4.78, 5) is 13.5. The lowest BCUT2D eigenvalue weighted by molar-refractivity contribution is -0.129. The van der Waals surface area contributed by atoms with E-state index < -0.39 is 0 Å². The van der Waals surface area contributed by atoms with Crippen molar-refractivity contribution in [2.45, 2.75) is 33.1 Å². The van der Waals surface area contributed by atoms with Crippen molar-refractivity contribution in [3.05, 3.63) is 12.2 Å². The van der Waals surface area contributed by atoms with Crippen LogP contribution in [0.5, 0.6) is 0 Å². The summed E-state index contributed by atoms with van der Waals surface area (Å²) in [5.74, 6) is 0.980. The molecule has 13 heavy (non-hydrogen) atoms. The highest BCUT2D eigenvalue weighted by molar-refractivity contribution is 5.77. The van der Waals surface area contributed by atoms with Crippen molar-refractivity contribution in [3.63, 3.8) is 0 Å². The number of allylic oxidation sites excluding steroid dienone is 1. The molecule has 0 bridgehead atoms. The van der Waals surface area contributed by atoms with Crippen molar-refractivity contribution in [1.29, 1.82) is 0 Å². The number of hydrogen-bond donors (Lipinski definition) is 0. The molecule has 0 saturated carbocycles. The fourth-order valence-electron chi connectivity index (χ4n) is 1.64. The van der Waals surface area contributed by atoms with Crippen LogP contribution in [-0.4, -0.2) is 23.9 Å². The minimum atomic E-state index is 0.286. The zero-order valence-electron chi connectivity index (χ0n) is 8.62. The van der Waals surface area contributed by atoms with E-state index in [9.17, 15) is 4.79 Å². The molecule has 1 aliphatic heterocycles. The van der Waals surface area contributed by atoms with Gasteiger partial charge < -0.3 is 4.90 Å². The predicted octanol–water partition coefficient (Wildman–Crippen LogP) is 2.21. The number of hydrogen-bond acceptors (Lipinski definition) is 1. The van der Waals surface area contributed by atoms with Crippen molar-refractivity contribution in [2.75, 3.05) is 13.1 Å². The minimum Gasteiger partial charge on any atom is -0.342 e. The van der Waals surface area contributed by atoms with Crippen LogP contribution in [0.1, 0.15) is 33.1 Å². The molecule has 2 heteroatoms. The Hall–Kier alpha value is -0.790. The van der Waals surface area contributed by atoms with E-state index in [2.05, 4.69) is 19.9 Å². The molecule has 1 heterocycles. The molecule has 1 amide bonds. The van der Waals surface area contributed by atoms with Crippen LogP contribution in [0.25, 0.3) is 0 Å². The highest BCUT2D eigenvalue weighted by Crippen LogP contribution is 2.15. The van der Waals surface area contributed by atoms with Crippen molar-refractivity contribution in [3.8, 4) is 0 Å². The Kier molecular flexibility index (Phi) is 4.00. The molecule has 0 aromatic carbocycles. The molecule has 0 aliphatic carbocycles. The van der Waals surface area contributed by atoms with Gasteiger partial charge in [0, 0.05) is 19.5 Å². The molecule has 1 saturated heterocycles. The molecule has 1 rings (SSSR count). The summed E-state index contributed by atoms with van der Waals surface area (Å²) in [6.07, 6.45) is 6.80. The molecular weight excluding hydrogens is 162 g/mol. The lowest BCUT2D eigenvalue weighted by Crippen LogP contribution is -2.27. The zero-order chi connectivity index (χ0) is 9.68. The monoisotopic (exact) mass is 181 g/mol. The summed E-state index contributed by atoms with van der Waals surface area (Å²) >= 11 is 0. The van der Waals surface area contributed by atoms with Gasteiger partial charge in [-0.3, -0.25) is 4.79 Å². The Bertz CT molecular complexity index is 198. The van der Waals surface area contributed by atoms with E-state index in [1.165, 1.54) is 6.42 Å². The second-order valence-corrected chi connectivity index (χ2v) is 3.82. The van der Waals surface area contributed by atoms with Gasteiger partial charge in [-0.25, -0.2) is 0 Å². The van der Waals surface area contributed by atoms with Crippen LogP contribution in [-0.2, 0) is 4.79 Å². The topological polar surface area (TPSA) is 20.3 Å². The summed E-state index contributed by atoms with van der Waals surface area (Å²) in [7, 11) is 0. The van der Waals surface area contributed by atoms with E-state index in [1.54, 1.807) is 0 Å². The number of nitrogens with zero attached hydrogens (tertiary/aromatic N) is 1. The maximum atomic E-state index is 11.5. The molecule has 2 nitrogen and oxygen atoms in total. The average molecular weight is 181 g/mol. The number of rotatable bonds is 3. The van der Waals surface area contributed by atoms with Crippen molar-refractivity contribution in [2.24, 2.45) is 5.92 Å². The Labute approximate surface area is 80.6 Å². The van der Waals surface area contributed by atoms with Gasteiger partial charge in [0.25, 0.3) is 0 Å². The molecule has 0 aromatic heterocycles. The van der Waals surface area contributed by atoms with Crippen molar-refractivity contribution < 1.29 is 4.79 Å². The first kappa shape index (κ1) is 10.3. The van der Waals surface area contributed by atoms with Gasteiger partial charge >= 0.3 is 0 Å². The van der Waals surface area contributed by atoms with E-state index in [-0.39, 0.29) is 5.91 Å². The Morgan fingerprint density at radius 3 is 2.85 bits per heavy atom. The summed E-state index contributed by atoms with van der Waals surface area (Å²) in [6.45, 7) is 6.20. The van der Waals surface area contributed by atoms with Gasteiger partial charge in [-0.1, -0.05) is 26.0 Å². The Morgan fingerprint density at radius 1 is 1.54 bits per heavy atom. The van der Waals surface area contributed by atoms with Gasteiger partial charge in [0.15, 0.2) is 0 Å². The number of carbonyl (C=O) groups excluding carboxylic acids is 1. The van der Waals surface area contributed by atoms with Crippen LogP contribution in [0.3, 0.4) is 0 Å². The quantitative estimate of drug-likeness (QED) is 0.611. The third kappa shape index (κ3) is 3.21. The lowest BCUT2D eigenvalue weighted by Gasteiger charge is -2.14. The molecule has 0 aromatic rings. The average Bonchev–Trinajstić information content (AvgIpc) is 2.52. The van der Waals surface area contributed by atoms with E-state index >= 15 is 0 Å². The molecule has 1 aliphatic rings. The van der Waals surface area contributed by atoms with E-state index in [4.69, 9.17) is 0 Å².